The van der Waals surface area contributed by atoms with Gasteiger partial charge >= 0.3 is 12.0 Å². The second-order valence-corrected chi connectivity index (χ2v) is 5.18. The molecule has 0 unspecified atom stereocenters. The number of anilines is 1. The number of hydrogen-bond donors (Lipinski definition) is 3. The summed E-state index contributed by atoms with van der Waals surface area (Å²) in [5.74, 6) is -1.00. The summed E-state index contributed by atoms with van der Waals surface area (Å²) in [5, 5.41) is 14.5. The van der Waals surface area contributed by atoms with E-state index in [1.165, 1.54) is 6.07 Å². The Balaban J connectivity index is 1.86. The number of amides is 2. The predicted octanol–water partition coefficient (Wildman–Crippen LogP) is 2.38. The third-order valence-corrected chi connectivity index (χ3v) is 3.56. The molecule has 1 aliphatic rings. The van der Waals surface area contributed by atoms with Crippen LogP contribution in [0.3, 0.4) is 0 Å². The monoisotopic (exact) mass is 292 g/mol. The number of carbonyl (C=O) groups is 2. The molecule has 0 bridgehead atoms. The first-order valence-corrected chi connectivity index (χ1v) is 7.02. The lowest BCUT2D eigenvalue weighted by molar-refractivity contribution is -0.00673. The molecule has 0 heterocycles. The second kappa shape index (κ2) is 6.58. The highest BCUT2D eigenvalue weighted by Crippen LogP contribution is 2.23. The molecule has 0 aliphatic heterocycles. The van der Waals surface area contributed by atoms with Crippen molar-refractivity contribution in [3.63, 3.8) is 0 Å². The van der Waals surface area contributed by atoms with E-state index in [1.807, 2.05) is 6.92 Å². The topological polar surface area (TPSA) is 87.7 Å². The van der Waals surface area contributed by atoms with Gasteiger partial charge in [0.1, 0.15) is 0 Å². The molecule has 1 aliphatic carbocycles. The number of benzene rings is 1. The van der Waals surface area contributed by atoms with Gasteiger partial charge in [-0.25, -0.2) is 9.59 Å². The molecule has 0 atom stereocenters. The predicted molar refractivity (Wildman–Crippen MR) is 78.7 cm³/mol. The van der Waals surface area contributed by atoms with Crippen LogP contribution >= 0.6 is 0 Å². The van der Waals surface area contributed by atoms with Crippen LogP contribution in [0.25, 0.3) is 0 Å². The van der Waals surface area contributed by atoms with E-state index in [2.05, 4.69) is 10.6 Å². The van der Waals surface area contributed by atoms with Crippen molar-refractivity contribution in [1.29, 1.82) is 0 Å². The first kappa shape index (κ1) is 15.3. The average Bonchev–Trinajstić information content (AvgIpc) is 2.38. The standard InChI is InChI=1S/C15H20N2O4/c1-3-21-12-6-11(7-12)17-15(20)16-10-5-4-9(2)13(8-10)14(18)19/h4-5,8,11-12H,3,6-7H2,1-2H3,(H,18,19)(H2,16,17,20). The van der Waals surface area contributed by atoms with Crippen LogP contribution in [0.1, 0.15) is 35.7 Å². The molecule has 0 radical (unpaired) electrons. The van der Waals surface area contributed by atoms with Crippen LogP contribution in [-0.4, -0.2) is 35.9 Å². The second-order valence-electron chi connectivity index (χ2n) is 5.18. The van der Waals surface area contributed by atoms with Crippen molar-refractivity contribution < 1.29 is 19.4 Å². The summed E-state index contributed by atoms with van der Waals surface area (Å²) < 4.78 is 5.43. The van der Waals surface area contributed by atoms with E-state index in [4.69, 9.17) is 9.84 Å². The number of aryl methyl sites for hydroxylation is 1. The van der Waals surface area contributed by atoms with E-state index >= 15 is 0 Å². The zero-order valence-electron chi connectivity index (χ0n) is 12.2. The van der Waals surface area contributed by atoms with Gasteiger partial charge in [0.15, 0.2) is 0 Å². The Labute approximate surface area is 123 Å². The van der Waals surface area contributed by atoms with E-state index < -0.39 is 5.97 Å². The van der Waals surface area contributed by atoms with Crippen molar-refractivity contribution in [2.45, 2.75) is 38.8 Å². The Morgan fingerprint density at radius 1 is 1.38 bits per heavy atom. The number of carboxylic acids is 1. The smallest absolute Gasteiger partial charge is 0.336 e. The minimum Gasteiger partial charge on any atom is -0.478 e. The summed E-state index contributed by atoms with van der Waals surface area (Å²) in [5.41, 5.74) is 1.32. The summed E-state index contributed by atoms with van der Waals surface area (Å²) in [4.78, 5) is 22.9. The fraction of sp³-hybridized carbons (Fsp3) is 0.467. The fourth-order valence-electron chi connectivity index (χ4n) is 2.34. The Morgan fingerprint density at radius 2 is 2.10 bits per heavy atom. The lowest BCUT2D eigenvalue weighted by atomic mass is 9.89. The maximum absolute atomic E-state index is 11.8. The van der Waals surface area contributed by atoms with E-state index in [0.717, 1.165) is 12.8 Å². The van der Waals surface area contributed by atoms with E-state index in [0.29, 0.717) is 17.9 Å². The molecule has 2 amide bonds. The Morgan fingerprint density at radius 3 is 2.71 bits per heavy atom. The van der Waals surface area contributed by atoms with Gasteiger partial charge in [-0.2, -0.15) is 0 Å². The van der Waals surface area contributed by atoms with Crippen molar-refractivity contribution in [2.75, 3.05) is 11.9 Å². The summed E-state index contributed by atoms with van der Waals surface area (Å²) in [6.45, 7) is 4.35. The van der Waals surface area contributed by atoms with E-state index in [9.17, 15) is 9.59 Å². The molecule has 0 spiro atoms. The molecular formula is C15H20N2O4. The highest BCUT2D eigenvalue weighted by molar-refractivity contribution is 5.94. The van der Waals surface area contributed by atoms with Gasteiger partial charge in [0.2, 0.25) is 0 Å². The number of urea groups is 1. The van der Waals surface area contributed by atoms with E-state index in [1.54, 1.807) is 19.1 Å². The van der Waals surface area contributed by atoms with Crippen molar-refractivity contribution in [3.05, 3.63) is 29.3 Å². The molecule has 0 aromatic heterocycles. The van der Waals surface area contributed by atoms with Gasteiger partial charge in [0.05, 0.1) is 11.7 Å². The SMILES string of the molecule is CCOC1CC(NC(=O)Nc2ccc(C)c(C(=O)O)c2)C1. The van der Waals surface area contributed by atoms with Crippen LogP contribution in [0.5, 0.6) is 0 Å². The minimum atomic E-state index is -1.00. The summed E-state index contributed by atoms with van der Waals surface area (Å²) in [6.07, 6.45) is 1.86. The van der Waals surface area contributed by atoms with Crippen LogP contribution in [0, 0.1) is 6.92 Å². The van der Waals surface area contributed by atoms with Crippen molar-refractivity contribution in [3.8, 4) is 0 Å². The molecule has 1 aromatic rings. The van der Waals surface area contributed by atoms with Crippen LogP contribution in [0.4, 0.5) is 10.5 Å². The number of aromatic carboxylic acids is 1. The normalized spacial score (nSPS) is 20.5. The quantitative estimate of drug-likeness (QED) is 0.777. The molecule has 114 valence electrons. The summed E-state index contributed by atoms with van der Waals surface area (Å²) in [6, 6.07) is 4.61. The van der Waals surface area contributed by atoms with Crippen LogP contribution in [0.2, 0.25) is 0 Å². The number of carboxylic acid groups (broad SMARTS) is 1. The van der Waals surface area contributed by atoms with E-state index in [-0.39, 0.29) is 23.7 Å². The molecule has 21 heavy (non-hydrogen) atoms. The van der Waals surface area contributed by atoms with Gasteiger partial charge in [-0.1, -0.05) is 6.07 Å². The molecule has 3 N–H and O–H groups in total. The first-order chi connectivity index (χ1) is 9.99. The number of hydrogen-bond acceptors (Lipinski definition) is 3. The van der Waals surface area contributed by atoms with Gasteiger partial charge in [0.25, 0.3) is 0 Å². The molecule has 2 rings (SSSR count). The Hall–Kier alpha value is -2.08. The molecule has 6 heteroatoms. The van der Waals surface area contributed by atoms with Gasteiger partial charge in [-0.3, -0.25) is 0 Å². The first-order valence-electron chi connectivity index (χ1n) is 7.02. The Kier molecular flexibility index (Phi) is 4.80. The average molecular weight is 292 g/mol. The van der Waals surface area contributed by atoms with Crippen molar-refractivity contribution in [2.24, 2.45) is 0 Å². The third kappa shape index (κ3) is 3.95. The molecule has 6 nitrogen and oxygen atoms in total. The zero-order valence-corrected chi connectivity index (χ0v) is 12.2. The van der Waals surface area contributed by atoms with Crippen molar-refractivity contribution >= 4 is 17.7 Å². The molecule has 0 saturated heterocycles. The summed E-state index contributed by atoms with van der Waals surface area (Å²) in [7, 11) is 0. The lowest BCUT2D eigenvalue weighted by Crippen LogP contribution is -2.49. The molecule has 1 saturated carbocycles. The number of nitrogens with one attached hydrogen (secondary N) is 2. The number of carbonyl (C=O) groups excluding carboxylic acids is 1. The Bertz CT molecular complexity index is 538. The van der Waals surface area contributed by atoms with Crippen LogP contribution < -0.4 is 10.6 Å². The summed E-state index contributed by atoms with van der Waals surface area (Å²) >= 11 is 0. The van der Waals surface area contributed by atoms with Gasteiger partial charge in [0, 0.05) is 18.3 Å². The van der Waals surface area contributed by atoms with Crippen LogP contribution in [0.15, 0.2) is 18.2 Å². The van der Waals surface area contributed by atoms with Crippen molar-refractivity contribution in [1.82, 2.24) is 5.32 Å². The lowest BCUT2D eigenvalue weighted by Gasteiger charge is -2.35. The highest BCUT2D eigenvalue weighted by atomic mass is 16.5. The zero-order chi connectivity index (χ0) is 15.4. The van der Waals surface area contributed by atoms with Gasteiger partial charge < -0.3 is 20.5 Å². The third-order valence-electron chi connectivity index (χ3n) is 3.56. The van der Waals surface area contributed by atoms with Gasteiger partial charge in [-0.15, -0.1) is 0 Å². The molecule has 1 aromatic carbocycles. The fourth-order valence-corrected chi connectivity index (χ4v) is 2.34. The molecular weight excluding hydrogens is 272 g/mol. The number of ether oxygens (including phenoxy) is 1. The maximum Gasteiger partial charge on any atom is 0.336 e. The van der Waals surface area contributed by atoms with Gasteiger partial charge in [-0.05, 0) is 44.4 Å². The highest BCUT2D eigenvalue weighted by Gasteiger charge is 2.30. The number of rotatable bonds is 5. The van der Waals surface area contributed by atoms with Crippen LogP contribution in [-0.2, 0) is 4.74 Å². The minimum absolute atomic E-state index is 0.117. The largest absolute Gasteiger partial charge is 0.478 e. The maximum atomic E-state index is 11.8. The molecule has 1 fully saturated rings.